The molecule has 1 aromatic carbocycles. The Labute approximate surface area is 63.9 Å². The lowest BCUT2D eigenvalue weighted by atomic mass is 10.2. The second-order valence-electron chi connectivity index (χ2n) is 2.52. The molecule has 1 N–H and O–H groups in total. The lowest BCUT2D eigenvalue weighted by Crippen LogP contribution is -1.73. The van der Waals surface area contributed by atoms with Crippen LogP contribution in [0.15, 0.2) is 30.3 Å². The fourth-order valence-electron chi connectivity index (χ4n) is 1.21. The van der Waals surface area contributed by atoms with Crippen LogP contribution in [-0.2, 0) is 6.67 Å². The van der Waals surface area contributed by atoms with E-state index in [1.807, 2.05) is 30.3 Å². The zero-order chi connectivity index (χ0) is 7.68. The second-order valence-corrected chi connectivity index (χ2v) is 2.52. The predicted octanol–water partition coefficient (Wildman–Crippen LogP) is 2.64. The third kappa shape index (κ3) is 1.00. The molecule has 2 aromatic rings. The van der Waals surface area contributed by atoms with Crippen molar-refractivity contribution in [3.8, 4) is 0 Å². The molecule has 0 radical (unpaired) electrons. The number of alkyl halides is 1. The summed E-state index contributed by atoms with van der Waals surface area (Å²) in [6.07, 6.45) is 0. The molecular formula is C9H8FN. The number of hydrogen-bond donors (Lipinski definition) is 1. The molecule has 0 amide bonds. The third-order valence-electron chi connectivity index (χ3n) is 1.73. The van der Waals surface area contributed by atoms with Gasteiger partial charge in [-0.3, -0.25) is 0 Å². The maximum atomic E-state index is 12.1. The maximum Gasteiger partial charge on any atom is 0.129 e. The van der Waals surface area contributed by atoms with Crippen molar-refractivity contribution < 1.29 is 4.39 Å². The Kier molecular flexibility index (Phi) is 1.39. The van der Waals surface area contributed by atoms with Crippen LogP contribution >= 0.6 is 0 Å². The number of hydrogen-bond acceptors (Lipinski definition) is 0. The Morgan fingerprint density at radius 1 is 1.27 bits per heavy atom. The minimum absolute atomic E-state index is 0.422. The molecule has 0 spiro atoms. The molecule has 0 saturated carbocycles. The molecule has 0 saturated heterocycles. The maximum absolute atomic E-state index is 12.1. The van der Waals surface area contributed by atoms with Crippen LogP contribution in [0.1, 0.15) is 5.69 Å². The first-order valence-electron chi connectivity index (χ1n) is 3.53. The SMILES string of the molecule is FCc1cc2ccccc2[nH]1. The second kappa shape index (κ2) is 2.38. The number of halogens is 1. The molecule has 1 aromatic heterocycles. The molecule has 0 aliphatic carbocycles. The van der Waals surface area contributed by atoms with Crippen LogP contribution in [0.3, 0.4) is 0 Å². The van der Waals surface area contributed by atoms with E-state index in [0.717, 1.165) is 10.9 Å². The quantitative estimate of drug-likeness (QED) is 0.641. The number of aromatic nitrogens is 1. The summed E-state index contributed by atoms with van der Waals surface area (Å²) in [5.74, 6) is 0. The highest BCUT2D eigenvalue weighted by molar-refractivity contribution is 5.80. The monoisotopic (exact) mass is 149 g/mol. The third-order valence-corrected chi connectivity index (χ3v) is 1.73. The minimum Gasteiger partial charge on any atom is -0.356 e. The van der Waals surface area contributed by atoms with E-state index in [2.05, 4.69) is 4.98 Å². The lowest BCUT2D eigenvalue weighted by Gasteiger charge is -1.84. The van der Waals surface area contributed by atoms with Crippen LogP contribution < -0.4 is 0 Å². The van der Waals surface area contributed by atoms with Gasteiger partial charge in [-0.15, -0.1) is 0 Å². The molecule has 0 unspecified atom stereocenters. The summed E-state index contributed by atoms with van der Waals surface area (Å²) in [5.41, 5.74) is 1.64. The molecular weight excluding hydrogens is 141 g/mol. The van der Waals surface area contributed by atoms with Gasteiger partial charge < -0.3 is 4.98 Å². The fraction of sp³-hybridized carbons (Fsp3) is 0.111. The van der Waals surface area contributed by atoms with E-state index in [4.69, 9.17) is 0 Å². The van der Waals surface area contributed by atoms with Crippen molar-refractivity contribution in [2.24, 2.45) is 0 Å². The topological polar surface area (TPSA) is 15.8 Å². The summed E-state index contributed by atoms with van der Waals surface area (Å²) in [5, 5.41) is 1.07. The highest BCUT2D eigenvalue weighted by atomic mass is 19.1. The van der Waals surface area contributed by atoms with Crippen LogP contribution in [0.4, 0.5) is 4.39 Å². The van der Waals surface area contributed by atoms with Crippen molar-refractivity contribution in [2.75, 3.05) is 0 Å². The Balaban J connectivity index is 2.69. The zero-order valence-electron chi connectivity index (χ0n) is 5.97. The standard InChI is InChI=1S/C9H8FN/c10-6-8-5-7-3-1-2-4-9(7)11-8/h1-5,11H,6H2. The zero-order valence-corrected chi connectivity index (χ0v) is 5.97. The first-order valence-corrected chi connectivity index (χ1v) is 3.53. The average Bonchev–Trinajstić information content (AvgIpc) is 2.46. The number of H-pyrrole nitrogens is 1. The van der Waals surface area contributed by atoms with Crippen LogP contribution in [0.25, 0.3) is 10.9 Å². The molecule has 56 valence electrons. The molecule has 0 bridgehead atoms. The van der Waals surface area contributed by atoms with Crippen LogP contribution in [-0.4, -0.2) is 4.98 Å². The summed E-state index contributed by atoms with van der Waals surface area (Å²) in [6.45, 7) is -0.422. The van der Waals surface area contributed by atoms with Crippen molar-refractivity contribution >= 4 is 10.9 Å². The van der Waals surface area contributed by atoms with E-state index in [0.29, 0.717) is 5.69 Å². The molecule has 0 atom stereocenters. The van der Waals surface area contributed by atoms with Gasteiger partial charge in [0.15, 0.2) is 0 Å². The van der Waals surface area contributed by atoms with Crippen molar-refractivity contribution in [3.63, 3.8) is 0 Å². The smallest absolute Gasteiger partial charge is 0.129 e. The van der Waals surface area contributed by atoms with E-state index in [-0.39, 0.29) is 0 Å². The molecule has 0 fully saturated rings. The van der Waals surface area contributed by atoms with E-state index in [1.54, 1.807) is 0 Å². The van der Waals surface area contributed by atoms with Gasteiger partial charge in [0.1, 0.15) is 6.67 Å². The van der Waals surface area contributed by atoms with Crippen LogP contribution in [0, 0.1) is 0 Å². The van der Waals surface area contributed by atoms with Gasteiger partial charge in [0.05, 0.1) is 0 Å². The van der Waals surface area contributed by atoms with E-state index in [9.17, 15) is 4.39 Å². The van der Waals surface area contributed by atoms with Gasteiger partial charge in [-0.05, 0) is 17.5 Å². The Morgan fingerprint density at radius 3 is 2.82 bits per heavy atom. The Bertz CT molecular complexity index is 331. The first-order chi connectivity index (χ1) is 5.40. The number of para-hydroxylation sites is 1. The Morgan fingerprint density at radius 2 is 2.09 bits per heavy atom. The summed E-state index contributed by atoms with van der Waals surface area (Å²) >= 11 is 0. The van der Waals surface area contributed by atoms with Crippen LogP contribution in [0.5, 0.6) is 0 Å². The predicted molar refractivity (Wildman–Crippen MR) is 43.1 cm³/mol. The molecule has 1 heterocycles. The van der Waals surface area contributed by atoms with E-state index in [1.165, 1.54) is 0 Å². The van der Waals surface area contributed by atoms with Gasteiger partial charge in [0.2, 0.25) is 0 Å². The summed E-state index contributed by atoms with van der Waals surface area (Å²) in [4.78, 5) is 2.97. The van der Waals surface area contributed by atoms with E-state index >= 15 is 0 Å². The van der Waals surface area contributed by atoms with Crippen molar-refractivity contribution in [2.45, 2.75) is 6.67 Å². The number of fused-ring (bicyclic) bond motifs is 1. The van der Waals surface area contributed by atoms with Crippen LogP contribution in [0.2, 0.25) is 0 Å². The highest BCUT2D eigenvalue weighted by Gasteiger charge is 1.96. The molecule has 1 nitrogen and oxygen atoms in total. The van der Waals surface area contributed by atoms with Gasteiger partial charge in [-0.2, -0.15) is 0 Å². The van der Waals surface area contributed by atoms with Gasteiger partial charge in [-0.1, -0.05) is 18.2 Å². The number of aromatic amines is 1. The van der Waals surface area contributed by atoms with E-state index < -0.39 is 6.67 Å². The van der Waals surface area contributed by atoms with Gasteiger partial charge >= 0.3 is 0 Å². The molecule has 2 rings (SSSR count). The molecule has 0 aliphatic rings. The van der Waals surface area contributed by atoms with Gasteiger partial charge in [0.25, 0.3) is 0 Å². The largest absolute Gasteiger partial charge is 0.356 e. The summed E-state index contributed by atoms with van der Waals surface area (Å²) in [6, 6.07) is 9.61. The van der Waals surface area contributed by atoms with Crippen molar-refractivity contribution in [1.82, 2.24) is 4.98 Å². The minimum atomic E-state index is -0.422. The Hall–Kier alpha value is -1.31. The van der Waals surface area contributed by atoms with Crippen molar-refractivity contribution in [1.29, 1.82) is 0 Å². The van der Waals surface area contributed by atoms with Crippen molar-refractivity contribution in [3.05, 3.63) is 36.0 Å². The molecule has 0 aliphatic heterocycles. The summed E-state index contributed by atoms with van der Waals surface area (Å²) < 4.78 is 12.1. The number of nitrogens with one attached hydrogen (secondary N) is 1. The molecule has 11 heavy (non-hydrogen) atoms. The lowest BCUT2D eigenvalue weighted by molar-refractivity contribution is 0.478. The normalized spacial score (nSPS) is 10.6. The fourth-order valence-corrected chi connectivity index (χ4v) is 1.21. The summed E-state index contributed by atoms with van der Waals surface area (Å²) in [7, 11) is 0. The number of rotatable bonds is 1. The number of benzene rings is 1. The van der Waals surface area contributed by atoms with Gasteiger partial charge in [0, 0.05) is 11.2 Å². The molecule has 2 heteroatoms. The van der Waals surface area contributed by atoms with Gasteiger partial charge in [-0.25, -0.2) is 4.39 Å². The highest BCUT2D eigenvalue weighted by Crippen LogP contribution is 2.14. The average molecular weight is 149 g/mol. The first kappa shape index (κ1) is 6.40.